The van der Waals surface area contributed by atoms with Crippen LogP contribution in [0.5, 0.6) is 0 Å². The van der Waals surface area contributed by atoms with E-state index in [4.69, 9.17) is 9.40 Å². The average molecular weight is 418 g/mol. The number of aryl methyl sites for hydroxylation is 2. The Hall–Kier alpha value is -3.18. The number of aromatic nitrogens is 1. The smallest absolute Gasteiger partial charge is 0.199 e. The molecule has 0 fully saturated rings. The SMILES string of the molecule is Cc1cc(C)cc(-c2oc(Cc3ccccc3)nc2-c2ccc(S(C)(=O)=O)cc2)c1. The number of benzene rings is 3. The summed E-state index contributed by atoms with van der Waals surface area (Å²) in [7, 11) is -3.25. The predicted molar refractivity (Wildman–Crippen MR) is 119 cm³/mol. The molecule has 4 aromatic rings. The van der Waals surface area contributed by atoms with Gasteiger partial charge in [0.2, 0.25) is 0 Å². The molecule has 0 bridgehead atoms. The minimum Gasteiger partial charge on any atom is -0.440 e. The van der Waals surface area contributed by atoms with Gasteiger partial charge in [0.1, 0.15) is 5.69 Å². The van der Waals surface area contributed by atoms with E-state index in [1.807, 2.05) is 30.3 Å². The molecule has 4 rings (SSSR count). The predicted octanol–water partition coefficient (Wildman–Crippen LogP) is 5.62. The first-order chi connectivity index (χ1) is 14.3. The van der Waals surface area contributed by atoms with Crippen molar-refractivity contribution in [1.29, 1.82) is 0 Å². The van der Waals surface area contributed by atoms with Gasteiger partial charge in [-0.05, 0) is 43.7 Å². The Morgan fingerprint density at radius 3 is 2.07 bits per heavy atom. The number of oxazole rings is 1. The summed E-state index contributed by atoms with van der Waals surface area (Å²) < 4.78 is 29.9. The Bertz CT molecular complexity index is 1270. The zero-order chi connectivity index (χ0) is 21.3. The molecule has 1 heterocycles. The van der Waals surface area contributed by atoms with Gasteiger partial charge in [-0.25, -0.2) is 13.4 Å². The maximum Gasteiger partial charge on any atom is 0.199 e. The van der Waals surface area contributed by atoms with Crippen LogP contribution in [0.25, 0.3) is 22.6 Å². The van der Waals surface area contributed by atoms with Gasteiger partial charge in [-0.15, -0.1) is 0 Å². The highest BCUT2D eigenvalue weighted by Crippen LogP contribution is 2.34. The second-order valence-corrected chi connectivity index (χ2v) is 9.64. The van der Waals surface area contributed by atoms with E-state index in [1.165, 1.54) is 6.26 Å². The molecule has 5 heteroatoms. The van der Waals surface area contributed by atoms with Gasteiger partial charge >= 0.3 is 0 Å². The van der Waals surface area contributed by atoms with Gasteiger partial charge in [0.05, 0.1) is 4.90 Å². The van der Waals surface area contributed by atoms with Crippen molar-refractivity contribution in [2.75, 3.05) is 6.26 Å². The number of hydrogen-bond acceptors (Lipinski definition) is 4. The molecule has 0 saturated heterocycles. The largest absolute Gasteiger partial charge is 0.440 e. The Morgan fingerprint density at radius 1 is 0.833 bits per heavy atom. The van der Waals surface area contributed by atoms with Crippen LogP contribution in [0, 0.1) is 13.8 Å². The Morgan fingerprint density at radius 2 is 1.47 bits per heavy atom. The van der Waals surface area contributed by atoms with Crippen LogP contribution < -0.4 is 0 Å². The van der Waals surface area contributed by atoms with Crippen LogP contribution in [0.3, 0.4) is 0 Å². The van der Waals surface area contributed by atoms with E-state index in [9.17, 15) is 8.42 Å². The third kappa shape index (κ3) is 4.36. The Kier molecular flexibility index (Phi) is 5.31. The summed E-state index contributed by atoms with van der Waals surface area (Å²) in [5.74, 6) is 1.32. The molecule has 0 atom stereocenters. The normalized spacial score (nSPS) is 11.6. The van der Waals surface area contributed by atoms with Crippen LogP contribution in [-0.2, 0) is 16.3 Å². The summed E-state index contributed by atoms with van der Waals surface area (Å²) in [4.78, 5) is 5.07. The third-order valence-corrected chi connectivity index (χ3v) is 6.04. The van der Waals surface area contributed by atoms with Gasteiger partial charge in [-0.1, -0.05) is 59.7 Å². The first-order valence-corrected chi connectivity index (χ1v) is 11.6. The summed E-state index contributed by atoms with van der Waals surface area (Å²) in [5, 5.41) is 0. The standard InChI is InChI=1S/C25H23NO3S/c1-17-13-18(2)15-21(14-17)25-24(20-9-11-22(12-10-20)30(3,27)28)26-23(29-25)16-19-7-5-4-6-8-19/h4-15H,16H2,1-3H3. The third-order valence-electron chi connectivity index (χ3n) is 4.91. The topological polar surface area (TPSA) is 60.2 Å². The van der Waals surface area contributed by atoms with Crippen molar-refractivity contribution in [1.82, 2.24) is 4.98 Å². The fourth-order valence-electron chi connectivity index (χ4n) is 3.57. The molecule has 30 heavy (non-hydrogen) atoms. The molecular formula is C25H23NO3S. The van der Waals surface area contributed by atoms with Crippen molar-refractivity contribution >= 4 is 9.84 Å². The number of hydrogen-bond donors (Lipinski definition) is 0. The van der Waals surface area contributed by atoms with E-state index in [-0.39, 0.29) is 4.90 Å². The van der Waals surface area contributed by atoms with Crippen molar-refractivity contribution in [3.05, 3.63) is 95.4 Å². The molecular weight excluding hydrogens is 394 g/mol. The summed E-state index contributed by atoms with van der Waals surface area (Å²) in [6.45, 7) is 4.11. The molecule has 0 aliphatic carbocycles. The van der Waals surface area contributed by atoms with Gasteiger partial charge < -0.3 is 4.42 Å². The van der Waals surface area contributed by atoms with Crippen LogP contribution in [0.2, 0.25) is 0 Å². The maximum atomic E-state index is 11.8. The van der Waals surface area contributed by atoms with Crippen molar-refractivity contribution in [2.45, 2.75) is 25.2 Å². The number of rotatable bonds is 5. The van der Waals surface area contributed by atoms with Crippen LogP contribution in [0.1, 0.15) is 22.6 Å². The summed E-state index contributed by atoms with van der Waals surface area (Å²) in [6, 6.07) is 23.1. The Balaban J connectivity index is 1.83. The molecule has 3 aromatic carbocycles. The minimum absolute atomic E-state index is 0.284. The fourth-order valence-corrected chi connectivity index (χ4v) is 4.20. The molecule has 0 aliphatic heterocycles. The highest BCUT2D eigenvalue weighted by atomic mass is 32.2. The molecule has 0 radical (unpaired) electrons. The number of sulfone groups is 1. The molecule has 0 aliphatic rings. The molecule has 0 saturated carbocycles. The van der Waals surface area contributed by atoms with Crippen molar-refractivity contribution in [3.63, 3.8) is 0 Å². The van der Waals surface area contributed by atoms with Crippen molar-refractivity contribution in [2.24, 2.45) is 0 Å². The lowest BCUT2D eigenvalue weighted by molar-refractivity contribution is 0.519. The molecule has 0 N–H and O–H groups in total. The molecule has 0 spiro atoms. The lowest BCUT2D eigenvalue weighted by Gasteiger charge is -2.05. The zero-order valence-corrected chi connectivity index (χ0v) is 18.0. The Labute approximate surface area is 177 Å². The summed E-state index contributed by atoms with van der Waals surface area (Å²) in [6.07, 6.45) is 1.79. The van der Waals surface area contributed by atoms with Gasteiger partial charge in [0.15, 0.2) is 21.5 Å². The van der Waals surface area contributed by atoms with Gasteiger partial charge in [-0.2, -0.15) is 0 Å². The fraction of sp³-hybridized carbons (Fsp3) is 0.160. The average Bonchev–Trinajstić information content (AvgIpc) is 3.11. The van der Waals surface area contributed by atoms with Crippen molar-refractivity contribution in [3.8, 4) is 22.6 Å². The number of nitrogens with zero attached hydrogens (tertiary/aromatic N) is 1. The second kappa shape index (κ2) is 7.92. The highest BCUT2D eigenvalue weighted by molar-refractivity contribution is 7.90. The van der Waals surface area contributed by atoms with E-state index in [0.717, 1.165) is 27.8 Å². The molecule has 4 nitrogen and oxygen atoms in total. The van der Waals surface area contributed by atoms with E-state index in [1.54, 1.807) is 24.3 Å². The first-order valence-electron chi connectivity index (χ1n) is 9.72. The van der Waals surface area contributed by atoms with Crippen LogP contribution >= 0.6 is 0 Å². The lowest BCUT2D eigenvalue weighted by atomic mass is 10.0. The van der Waals surface area contributed by atoms with Gasteiger partial charge in [0, 0.05) is 23.8 Å². The zero-order valence-electron chi connectivity index (χ0n) is 17.2. The van der Waals surface area contributed by atoms with Gasteiger partial charge in [-0.3, -0.25) is 0 Å². The molecule has 1 aromatic heterocycles. The van der Waals surface area contributed by atoms with E-state index < -0.39 is 9.84 Å². The van der Waals surface area contributed by atoms with Crippen LogP contribution in [0.4, 0.5) is 0 Å². The van der Waals surface area contributed by atoms with Gasteiger partial charge in [0.25, 0.3) is 0 Å². The summed E-state index contributed by atoms with van der Waals surface area (Å²) in [5.41, 5.74) is 5.89. The van der Waals surface area contributed by atoms with E-state index in [0.29, 0.717) is 23.8 Å². The van der Waals surface area contributed by atoms with Crippen LogP contribution in [0.15, 0.2) is 82.1 Å². The maximum absolute atomic E-state index is 11.8. The van der Waals surface area contributed by atoms with Crippen molar-refractivity contribution < 1.29 is 12.8 Å². The lowest BCUT2D eigenvalue weighted by Crippen LogP contribution is -1.96. The molecule has 152 valence electrons. The van der Waals surface area contributed by atoms with Crippen LogP contribution in [-0.4, -0.2) is 19.7 Å². The highest BCUT2D eigenvalue weighted by Gasteiger charge is 2.18. The molecule has 0 unspecified atom stereocenters. The van der Waals surface area contributed by atoms with E-state index in [2.05, 4.69) is 32.0 Å². The first kappa shape index (κ1) is 20.1. The minimum atomic E-state index is -3.25. The summed E-state index contributed by atoms with van der Waals surface area (Å²) >= 11 is 0. The quantitative estimate of drug-likeness (QED) is 0.423. The molecule has 0 amide bonds. The van der Waals surface area contributed by atoms with E-state index >= 15 is 0 Å². The monoisotopic (exact) mass is 417 g/mol. The second-order valence-electron chi connectivity index (χ2n) is 7.62.